The zero-order valence-electron chi connectivity index (χ0n) is 20.7. The van der Waals surface area contributed by atoms with E-state index < -0.39 is 0 Å². The molecule has 1 saturated heterocycles. The van der Waals surface area contributed by atoms with Crippen LogP contribution in [0.1, 0.15) is 24.1 Å². The Morgan fingerprint density at radius 1 is 0.730 bits per heavy atom. The van der Waals surface area contributed by atoms with Crippen LogP contribution in [-0.4, -0.2) is 52.1 Å². The van der Waals surface area contributed by atoms with Gasteiger partial charge >= 0.3 is 0 Å². The van der Waals surface area contributed by atoms with Gasteiger partial charge in [-0.05, 0) is 53.4 Å². The summed E-state index contributed by atoms with van der Waals surface area (Å²) in [6.45, 7) is 8.00. The number of aromatic nitrogens is 2. The van der Waals surface area contributed by atoms with Gasteiger partial charge in [0.25, 0.3) is 0 Å². The highest BCUT2D eigenvalue weighted by Gasteiger charge is 2.27. The predicted molar refractivity (Wildman–Crippen MR) is 153 cm³/mol. The summed E-state index contributed by atoms with van der Waals surface area (Å²) in [5.41, 5.74) is 4.28. The van der Waals surface area contributed by atoms with Gasteiger partial charge < -0.3 is 9.47 Å². The minimum absolute atomic E-state index is 0. The van der Waals surface area contributed by atoms with Gasteiger partial charge in [-0.1, -0.05) is 43.3 Å². The van der Waals surface area contributed by atoms with E-state index in [4.69, 9.17) is 0 Å². The Labute approximate surface area is 235 Å². The minimum Gasteiger partial charge on any atom is -0.330 e. The maximum absolute atomic E-state index is 13.6. The molecule has 1 aliphatic heterocycles. The molecule has 0 bridgehead atoms. The molecule has 200 valence electrons. The van der Waals surface area contributed by atoms with E-state index in [0.29, 0.717) is 5.92 Å². The van der Waals surface area contributed by atoms with E-state index in [0.717, 1.165) is 55.9 Å². The van der Waals surface area contributed by atoms with Crippen LogP contribution in [0, 0.1) is 17.6 Å². The second-order valence-electron chi connectivity index (χ2n) is 9.33. The number of hydrogen-bond acceptors (Lipinski definition) is 3. The second kappa shape index (κ2) is 14.1. The van der Waals surface area contributed by atoms with Crippen molar-refractivity contribution in [2.45, 2.75) is 19.5 Å². The van der Waals surface area contributed by atoms with Crippen LogP contribution in [0.5, 0.6) is 0 Å². The predicted octanol–water partition coefficient (Wildman–Crippen LogP) is 6.62. The van der Waals surface area contributed by atoms with Gasteiger partial charge in [-0.15, -0.1) is 37.2 Å². The maximum Gasteiger partial charge on any atom is 0.123 e. The number of hydrogen-bond donors (Lipinski definition) is 0. The van der Waals surface area contributed by atoms with Crippen LogP contribution in [0.25, 0.3) is 11.0 Å². The van der Waals surface area contributed by atoms with Gasteiger partial charge in [-0.3, -0.25) is 4.90 Å². The number of nitrogens with zero attached hydrogens (tertiary/aromatic N) is 4. The number of benzene rings is 3. The highest BCUT2D eigenvalue weighted by molar-refractivity contribution is 5.86. The lowest BCUT2D eigenvalue weighted by molar-refractivity contribution is 0.0973. The van der Waals surface area contributed by atoms with E-state index in [9.17, 15) is 8.78 Å². The number of piperazine rings is 1. The normalized spacial score (nSPS) is 15.0. The Balaban J connectivity index is 0.00000160. The molecule has 0 spiro atoms. The molecule has 0 saturated carbocycles. The van der Waals surface area contributed by atoms with E-state index in [1.807, 2.05) is 42.7 Å². The van der Waals surface area contributed by atoms with Crippen molar-refractivity contribution in [1.82, 2.24) is 19.4 Å². The van der Waals surface area contributed by atoms with Crippen LogP contribution in [-0.2, 0) is 6.54 Å². The number of imidazole rings is 1. The van der Waals surface area contributed by atoms with Crippen molar-refractivity contribution < 1.29 is 8.78 Å². The van der Waals surface area contributed by atoms with E-state index in [1.54, 1.807) is 0 Å². The van der Waals surface area contributed by atoms with E-state index in [-0.39, 0.29) is 54.9 Å². The third-order valence-electron chi connectivity index (χ3n) is 6.75. The van der Waals surface area contributed by atoms with Gasteiger partial charge in [0.1, 0.15) is 11.6 Å². The molecule has 4 aromatic rings. The fraction of sp³-hybridized carbons (Fsp3) is 0.321. The largest absolute Gasteiger partial charge is 0.330 e. The highest BCUT2D eigenvalue weighted by Crippen LogP contribution is 2.30. The summed E-state index contributed by atoms with van der Waals surface area (Å²) in [7, 11) is 0. The summed E-state index contributed by atoms with van der Waals surface area (Å²) >= 11 is 0. The van der Waals surface area contributed by atoms with Crippen LogP contribution < -0.4 is 0 Å². The maximum atomic E-state index is 13.6. The summed E-state index contributed by atoms with van der Waals surface area (Å²) in [6.07, 6.45) is 1.94. The van der Waals surface area contributed by atoms with Crippen molar-refractivity contribution in [3.8, 4) is 0 Å². The molecule has 2 heterocycles. The van der Waals surface area contributed by atoms with Crippen molar-refractivity contribution in [2.75, 3.05) is 32.7 Å². The number of para-hydroxylation sites is 2. The zero-order valence-corrected chi connectivity index (χ0v) is 23.1. The number of fused-ring (bicyclic) bond motifs is 1. The highest BCUT2D eigenvalue weighted by atomic mass is 35.5. The standard InChI is InChI=1S/C28H30F2N4.3ClH/c1-21(19-34-20-31-26-4-2-3-5-27(26)34)18-32-14-16-33(17-15-32)28(22-6-10-24(29)11-7-22)23-8-12-25(30)13-9-23;;;/h2-13,20-21,28H,14-19H2,1H3;3*1H. The fourth-order valence-electron chi connectivity index (χ4n) is 5.10. The number of rotatable bonds is 7. The Kier molecular flexibility index (Phi) is 11.8. The summed E-state index contributed by atoms with van der Waals surface area (Å²) in [5, 5.41) is 0. The molecule has 0 radical (unpaired) electrons. The van der Waals surface area contributed by atoms with Crippen LogP contribution in [0.3, 0.4) is 0 Å². The average molecular weight is 570 g/mol. The van der Waals surface area contributed by atoms with Crippen LogP contribution >= 0.6 is 37.2 Å². The molecule has 0 amide bonds. The third-order valence-corrected chi connectivity index (χ3v) is 6.75. The summed E-state index contributed by atoms with van der Waals surface area (Å²) in [6, 6.07) is 21.6. The first kappa shape index (κ1) is 31.0. The summed E-state index contributed by atoms with van der Waals surface area (Å²) in [4.78, 5) is 9.45. The molecule has 4 nitrogen and oxygen atoms in total. The Morgan fingerprint density at radius 3 is 1.84 bits per heavy atom. The van der Waals surface area contributed by atoms with Crippen molar-refractivity contribution in [3.63, 3.8) is 0 Å². The quantitative estimate of drug-likeness (QED) is 0.250. The molecule has 0 aliphatic carbocycles. The molecule has 37 heavy (non-hydrogen) atoms. The van der Waals surface area contributed by atoms with Gasteiger partial charge in [0.2, 0.25) is 0 Å². The SMILES string of the molecule is CC(CN1CCN(C(c2ccc(F)cc2)c2ccc(F)cc2)CC1)Cn1cnc2ccccc21.Cl.Cl.Cl. The lowest BCUT2D eigenvalue weighted by Gasteiger charge is -2.40. The van der Waals surface area contributed by atoms with Crippen molar-refractivity contribution in [3.05, 3.63) is 102 Å². The molecule has 5 rings (SSSR count). The Morgan fingerprint density at radius 2 is 1.27 bits per heavy atom. The topological polar surface area (TPSA) is 24.3 Å². The van der Waals surface area contributed by atoms with Crippen molar-refractivity contribution >= 4 is 48.3 Å². The third kappa shape index (κ3) is 7.43. The first-order valence-corrected chi connectivity index (χ1v) is 11.9. The van der Waals surface area contributed by atoms with Gasteiger partial charge in [0.05, 0.1) is 23.4 Å². The first-order chi connectivity index (χ1) is 16.6. The fourth-order valence-corrected chi connectivity index (χ4v) is 5.10. The molecule has 1 fully saturated rings. The van der Waals surface area contributed by atoms with Crippen LogP contribution in [0.15, 0.2) is 79.1 Å². The molecule has 0 N–H and O–H groups in total. The smallest absolute Gasteiger partial charge is 0.123 e. The van der Waals surface area contributed by atoms with E-state index >= 15 is 0 Å². The van der Waals surface area contributed by atoms with Crippen LogP contribution in [0.2, 0.25) is 0 Å². The van der Waals surface area contributed by atoms with Gasteiger partial charge in [-0.25, -0.2) is 13.8 Å². The van der Waals surface area contributed by atoms with Gasteiger partial charge in [0.15, 0.2) is 0 Å². The lowest BCUT2D eigenvalue weighted by atomic mass is 9.96. The van der Waals surface area contributed by atoms with E-state index in [1.165, 1.54) is 29.8 Å². The Hall–Kier alpha value is -2.22. The number of halogens is 5. The molecular weight excluding hydrogens is 537 g/mol. The molecule has 1 aromatic heterocycles. The van der Waals surface area contributed by atoms with Crippen molar-refractivity contribution in [2.24, 2.45) is 5.92 Å². The monoisotopic (exact) mass is 568 g/mol. The van der Waals surface area contributed by atoms with Gasteiger partial charge in [0, 0.05) is 39.3 Å². The first-order valence-electron chi connectivity index (χ1n) is 11.9. The average Bonchev–Trinajstić information content (AvgIpc) is 3.25. The second-order valence-corrected chi connectivity index (χ2v) is 9.33. The molecule has 1 atom stereocenters. The van der Waals surface area contributed by atoms with E-state index in [2.05, 4.69) is 38.4 Å². The molecule has 1 unspecified atom stereocenters. The van der Waals surface area contributed by atoms with Crippen molar-refractivity contribution in [1.29, 1.82) is 0 Å². The van der Waals surface area contributed by atoms with Gasteiger partial charge in [-0.2, -0.15) is 0 Å². The zero-order chi connectivity index (χ0) is 23.5. The summed E-state index contributed by atoms with van der Waals surface area (Å²) in [5.74, 6) is 0.00585. The summed E-state index contributed by atoms with van der Waals surface area (Å²) < 4.78 is 29.4. The van der Waals surface area contributed by atoms with Crippen LogP contribution in [0.4, 0.5) is 8.78 Å². The lowest BCUT2D eigenvalue weighted by Crippen LogP contribution is -2.49. The minimum atomic E-state index is -0.244. The molecule has 9 heteroatoms. The molecule has 3 aromatic carbocycles. The molecular formula is C28H33Cl3F2N4. The Bertz CT molecular complexity index is 1180. The molecule has 1 aliphatic rings.